The molecule has 0 saturated carbocycles. The Balaban J connectivity index is 0.000000570. The largest absolute Gasteiger partial charge is 0.494 e. The number of hydrogen-bond acceptors (Lipinski definition) is 7. The number of hydrogen-bond donors (Lipinski definition) is 5. The molecule has 1 aliphatic heterocycles. The molecular weight excluding hydrogens is 472 g/mol. The highest BCUT2D eigenvalue weighted by molar-refractivity contribution is 6.30. The predicted octanol–water partition coefficient (Wildman–Crippen LogP) is 2.39. The van der Waals surface area contributed by atoms with Crippen molar-refractivity contribution in [2.24, 2.45) is 11.7 Å². The number of carboxylic acids is 4. The lowest BCUT2D eigenvalue weighted by Crippen LogP contribution is -2.22. The van der Waals surface area contributed by atoms with E-state index < -0.39 is 23.9 Å². The van der Waals surface area contributed by atoms with E-state index in [1.165, 1.54) is 12.0 Å². The van der Waals surface area contributed by atoms with E-state index in [0.717, 1.165) is 37.0 Å². The van der Waals surface area contributed by atoms with Crippen LogP contribution in [0.4, 0.5) is 0 Å². The highest BCUT2D eigenvalue weighted by Gasteiger charge is 2.21. The number of carbonyl (C=O) groups is 4. The molecule has 1 fully saturated rings. The smallest absolute Gasteiger partial charge is 0.303 e. The molecule has 1 aromatic rings. The highest BCUT2D eigenvalue weighted by atomic mass is 35.5. The van der Waals surface area contributed by atoms with Gasteiger partial charge in [0.2, 0.25) is 0 Å². The first-order valence-corrected chi connectivity index (χ1v) is 11.1. The fourth-order valence-corrected chi connectivity index (χ4v) is 3.14. The van der Waals surface area contributed by atoms with Gasteiger partial charge in [-0.2, -0.15) is 0 Å². The Morgan fingerprint density at radius 2 is 1.47 bits per heavy atom. The molecule has 34 heavy (non-hydrogen) atoms. The van der Waals surface area contributed by atoms with Crippen molar-refractivity contribution in [2.75, 3.05) is 26.2 Å². The summed E-state index contributed by atoms with van der Waals surface area (Å²) >= 11 is 6.11. The Morgan fingerprint density at radius 1 is 0.971 bits per heavy atom. The first-order valence-electron chi connectivity index (χ1n) is 10.7. The lowest BCUT2D eigenvalue weighted by atomic mass is 10.1. The average molecular weight is 505 g/mol. The second-order valence-electron chi connectivity index (χ2n) is 7.43. The van der Waals surface area contributed by atoms with E-state index in [4.69, 9.17) is 42.5 Å². The number of likely N-dealkylation sites (tertiary alicyclic amines) is 1. The zero-order valence-electron chi connectivity index (χ0n) is 19.1. The Hall–Kier alpha value is -2.89. The monoisotopic (exact) mass is 504 g/mol. The van der Waals surface area contributed by atoms with Crippen LogP contribution in [0.15, 0.2) is 18.2 Å². The summed E-state index contributed by atoms with van der Waals surface area (Å²) in [5, 5.41) is 32.3. The number of benzene rings is 1. The maximum atomic E-state index is 9.64. The summed E-state index contributed by atoms with van der Waals surface area (Å²) in [5.74, 6) is -2.80. The molecular formula is C22H33ClN2O9. The number of rotatable bonds is 11. The summed E-state index contributed by atoms with van der Waals surface area (Å²) < 4.78 is 5.51. The highest BCUT2D eigenvalue weighted by Crippen LogP contribution is 2.24. The van der Waals surface area contributed by atoms with Crippen LogP contribution in [-0.2, 0) is 25.7 Å². The molecule has 0 unspecified atom stereocenters. The molecule has 0 radical (unpaired) electrons. The Labute approximate surface area is 203 Å². The molecule has 0 aliphatic carbocycles. The van der Waals surface area contributed by atoms with Gasteiger partial charge >= 0.3 is 23.9 Å². The van der Waals surface area contributed by atoms with Gasteiger partial charge < -0.3 is 30.9 Å². The van der Waals surface area contributed by atoms with Crippen LogP contribution < -0.4 is 10.5 Å². The van der Waals surface area contributed by atoms with Crippen molar-refractivity contribution in [3.8, 4) is 5.75 Å². The number of halogens is 1. The zero-order chi connectivity index (χ0) is 26.1. The van der Waals surface area contributed by atoms with Crippen LogP contribution in [-0.4, -0.2) is 75.4 Å². The van der Waals surface area contributed by atoms with Gasteiger partial charge in [0.15, 0.2) is 0 Å². The molecule has 1 atom stereocenters. The molecule has 1 aliphatic rings. The van der Waals surface area contributed by atoms with Gasteiger partial charge in [-0.15, -0.1) is 0 Å². The quantitative estimate of drug-likeness (QED) is 0.297. The third-order valence-electron chi connectivity index (χ3n) is 4.46. The van der Waals surface area contributed by atoms with Gasteiger partial charge in [-0.1, -0.05) is 11.6 Å². The van der Waals surface area contributed by atoms with E-state index in [1.807, 2.05) is 19.1 Å². The van der Waals surface area contributed by atoms with Crippen molar-refractivity contribution in [1.29, 1.82) is 0 Å². The molecule has 1 saturated heterocycles. The van der Waals surface area contributed by atoms with Gasteiger partial charge in [0.25, 0.3) is 0 Å². The molecule has 1 heterocycles. The number of carboxylic acid groups (broad SMARTS) is 4. The lowest BCUT2D eigenvalue weighted by molar-refractivity contribution is -0.143. The molecule has 192 valence electrons. The summed E-state index contributed by atoms with van der Waals surface area (Å²) in [5.41, 5.74) is 6.92. The third-order valence-corrected chi connectivity index (χ3v) is 4.68. The topological polar surface area (TPSA) is 188 Å². The van der Waals surface area contributed by atoms with Gasteiger partial charge in [0.05, 0.1) is 32.3 Å². The maximum absolute atomic E-state index is 9.64. The molecule has 2 rings (SSSR count). The summed E-state index contributed by atoms with van der Waals surface area (Å²) in [6.07, 6.45) is 0.0186. The molecule has 12 heteroatoms. The summed E-state index contributed by atoms with van der Waals surface area (Å²) in [7, 11) is 0. The van der Waals surface area contributed by atoms with Crippen LogP contribution in [0.5, 0.6) is 5.75 Å². The maximum Gasteiger partial charge on any atom is 0.303 e. The zero-order valence-corrected chi connectivity index (χ0v) is 19.9. The van der Waals surface area contributed by atoms with Crippen molar-refractivity contribution in [1.82, 2.24) is 4.90 Å². The van der Waals surface area contributed by atoms with Crippen molar-refractivity contribution < 1.29 is 44.3 Å². The second kappa shape index (κ2) is 17.6. The number of nitrogens with zero attached hydrogens (tertiary/aromatic N) is 1. The minimum absolute atomic E-state index is 0.296. The Kier molecular flexibility index (Phi) is 16.1. The third kappa shape index (κ3) is 16.7. The van der Waals surface area contributed by atoms with Gasteiger partial charge in [-0.05, 0) is 56.1 Å². The SMILES string of the molecule is CCOc1cc(Cl)cc(CN2CC[C@@H](CN)C2)c1.O=C(O)CCC(=O)O.O=C(O)CCC(=O)O. The molecule has 0 bridgehead atoms. The molecule has 0 spiro atoms. The normalized spacial score (nSPS) is 14.7. The minimum atomic E-state index is -1.08. The average Bonchev–Trinajstić information content (AvgIpc) is 3.19. The standard InChI is InChI=1S/C14H21ClN2O.2C4H6O4/c1-2-18-14-6-12(5-13(15)7-14)10-17-4-3-11(8-16)9-17;2*5-3(6)1-2-4(7)8/h5-7,11H,2-4,8-10,16H2,1H3;2*1-2H2,(H,5,6)(H,7,8)/t11-;;/m0../s1. The number of aliphatic carboxylic acids is 4. The first-order chi connectivity index (χ1) is 16.0. The molecule has 6 N–H and O–H groups in total. The van der Waals surface area contributed by atoms with Crippen LogP contribution >= 0.6 is 11.6 Å². The fraction of sp³-hybridized carbons (Fsp3) is 0.545. The van der Waals surface area contributed by atoms with E-state index in [2.05, 4.69) is 11.0 Å². The fourth-order valence-electron chi connectivity index (χ4n) is 2.90. The van der Waals surface area contributed by atoms with E-state index in [-0.39, 0.29) is 25.7 Å². The van der Waals surface area contributed by atoms with Gasteiger partial charge in [-0.25, -0.2) is 0 Å². The summed E-state index contributed by atoms with van der Waals surface area (Å²) in [4.78, 5) is 41.0. The van der Waals surface area contributed by atoms with Crippen LogP contribution in [0.25, 0.3) is 0 Å². The second-order valence-corrected chi connectivity index (χ2v) is 7.87. The van der Waals surface area contributed by atoms with Crippen molar-refractivity contribution >= 4 is 35.5 Å². The van der Waals surface area contributed by atoms with E-state index in [1.54, 1.807) is 0 Å². The number of ether oxygens (including phenoxy) is 1. The first kappa shape index (κ1) is 31.1. The van der Waals surface area contributed by atoms with Crippen molar-refractivity contribution in [2.45, 2.75) is 45.6 Å². The van der Waals surface area contributed by atoms with E-state index >= 15 is 0 Å². The van der Waals surface area contributed by atoms with Crippen LogP contribution in [0.3, 0.4) is 0 Å². The lowest BCUT2D eigenvalue weighted by Gasteiger charge is -2.16. The predicted molar refractivity (Wildman–Crippen MR) is 124 cm³/mol. The van der Waals surface area contributed by atoms with E-state index in [0.29, 0.717) is 12.5 Å². The van der Waals surface area contributed by atoms with Crippen molar-refractivity contribution in [3.05, 3.63) is 28.8 Å². The molecule has 0 amide bonds. The summed E-state index contributed by atoms with van der Waals surface area (Å²) in [6.45, 7) is 6.57. The van der Waals surface area contributed by atoms with Crippen LogP contribution in [0.1, 0.15) is 44.6 Å². The van der Waals surface area contributed by atoms with Gasteiger partial charge in [0.1, 0.15) is 5.75 Å². The molecule has 0 aromatic heterocycles. The number of nitrogens with two attached hydrogens (primary N) is 1. The molecule has 11 nitrogen and oxygen atoms in total. The molecule has 1 aromatic carbocycles. The Bertz CT molecular complexity index is 749. The Morgan fingerprint density at radius 3 is 1.85 bits per heavy atom. The van der Waals surface area contributed by atoms with Crippen LogP contribution in [0.2, 0.25) is 5.02 Å². The van der Waals surface area contributed by atoms with Gasteiger partial charge in [-0.3, -0.25) is 24.1 Å². The summed E-state index contributed by atoms with van der Waals surface area (Å²) in [6, 6.07) is 5.95. The van der Waals surface area contributed by atoms with Crippen molar-refractivity contribution in [3.63, 3.8) is 0 Å². The van der Waals surface area contributed by atoms with E-state index in [9.17, 15) is 19.2 Å². The minimum Gasteiger partial charge on any atom is -0.494 e. The van der Waals surface area contributed by atoms with Crippen LogP contribution in [0, 0.1) is 5.92 Å². The van der Waals surface area contributed by atoms with Gasteiger partial charge in [0, 0.05) is 18.1 Å².